The summed E-state index contributed by atoms with van der Waals surface area (Å²) in [5, 5.41) is 9.09. The molecule has 0 spiro atoms. The van der Waals surface area contributed by atoms with Gasteiger partial charge in [0.25, 0.3) is 0 Å². The van der Waals surface area contributed by atoms with Gasteiger partial charge in [-0.25, -0.2) is 4.79 Å². The molecule has 0 radical (unpaired) electrons. The number of alkyl halides is 3. The van der Waals surface area contributed by atoms with Gasteiger partial charge in [-0.3, -0.25) is 0 Å². The van der Waals surface area contributed by atoms with E-state index in [1.807, 2.05) is 4.90 Å². The van der Waals surface area contributed by atoms with Crippen molar-refractivity contribution in [2.45, 2.75) is 6.18 Å². The van der Waals surface area contributed by atoms with Crippen LogP contribution in [0.2, 0.25) is 0 Å². The van der Waals surface area contributed by atoms with Crippen molar-refractivity contribution in [3.8, 4) is 0 Å². The molecule has 104 valence electrons. The van der Waals surface area contributed by atoms with Crippen LogP contribution in [-0.4, -0.2) is 35.7 Å². The third-order valence-corrected chi connectivity index (χ3v) is 3.85. The van der Waals surface area contributed by atoms with Gasteiger partial charge in [0, 0.05) is 24.6 Å². The maximum Gasteiger partial charge on any atom is 0.416 e. The molecule has 1 heterocycles. The second kappa shape index (κ2) is 5.32. The van der Waals surface area contributed by atoms with Crippen LogP contribution >= 0.6 is 11.8 Å². The first-order valence-electron chi connectivity index (χ1n) is 5.67. The molecular formula is C12H12F3NO2S. The molecule has 1 saturated heterocycles. The van der Waals surface area contributed by atoms with Crippen LogP contribution in [0.15, 0.2) is 18.2 Å². The number of hydrogen-bond acceptors (Lipinski definition) is 3. The van der Waals surface area contributed by atoms with Crippen LogP contribution in [0.3, 0.4) is 0 Å². The number of anilines is 1. The predicted molar refractivity (Wildman–Crippen MR) is 67.9 cm³/mol. The second-order valence-corrected chi connectivity index (χ2v) is 5.36. The van der Waals surface area contributed by atoms with Crippen molar-refractivity contribution < 1.29 is 23.1 Å². The number of carboxylic acid groups (broad SMARTS) is 1. The quantitative estimate of drug-likeness (QED) is 0.909. The van der Waals surface area contributed by atoms with Gasteiger partial charge >= 0.3 is 12.1 Å². The molecule has 3 nitrogen and oxygen atoms in total. The van der Waals surface area contributed by atoms with E-state index in [4.69, 9.17) is 5.11 Å². The number of carbonyl (C=O) groups is 1. The van der Waals surface area contributed by atoms with Crippen LogP contribution in [-0.2, 0) is 6.18 Å². The number of nitrogens with zero attached hydrogens (tertiary/aromatic N) is 1. The number of rotatable bonds is 2. The second-order valence-electron chi connectivity index (χ2n) is 4.13. The molecule has 1 aliphatic rings. The lowest BCUT2D eigenvalue weighted by atomic mass is 10.1. The highest BCUT2D eigenvalue weighted by atomic mass is 32.2. The highest BCUT2D eigenvalue weighted by Crippen LogP contribution is 2.33. The summed E-state index contributed by atoms with van der Waals surface area (Å²) >= 11 is 1.75. The predicted octanol–water partition coefficient (Wildman–Crippen LogP) is 2.96. The summed E-state index contributed by atoms with van der Waals surface area (Å²) < 4.78 is 37.8. The maximum absolute atomic E-state index is 12.6. The number of benzene rings is 1. The number of aromatic carboxylic acids is 1. The van der Waals surface area contributed by atoms with E-state index in [1.54, 1.807) is 11.8 Å². The van der Waals surface area contributed by atoms with Gasteiger partial charge in [-0.05, 0) is 18.2 Å². The average molecular weight is 291 g/mol. The van der Waals surface area contributed by atoms with Crippen molar-refractivity contribution in [1.29, 1.82) is 0 Å². The van der Waals surface area contributed by atoms with E-state index >= 15 is 0 Å². The molecule has 1 fully saturated rings. The van der Waals surface area contributed by atoms with Crippen molar-refractivity contribution in [2.75, 3.05) is 29.5 Å². The monoisotopic (exact) mass is 291 g/mol. The van der Waals surface area contributed by atoms with Crippen LogP contribution < -0.4 is 4.90 Å². The minimum Gasteiger partial charge on any atom is -0.478 e. The molecule has 0 bridgehead atoms. The molecule has 1 aromatic carbocycles. The molecule has 0 unspecified atom stereocenters. The van der Waals surface area contributed by atoms with Crippen LogP contribution in [0.5, 0.6) is 0 Å². The molecule has 1 aliphatic heterocycles. The third-order valence-electron chi connectivity index (χ3n) is 2.91. The van der Waals surface area contributed by atoms with Crippen molar-refractivity contribution in [2.24, 2.45) is 0 Å². The molecule has 0 amide bonds. The van der Waals surface area contributed by atoms with E-state index in [0.717, 1.165) is 17.6 Å². The van der Waals surface area contributed by atoms with Gasteiger partial charge in [-0.15, -0.1) is 0 Å². The van der Waals surface area contributed by atoms with Gasteiger partial charge in [0.1, 0.15) is 0 Å². The molecule has 19 heavy (non-hydrogen) atoms. The Kier molecular flexibility index (Phi) is 3.93. The summed E-state index contributed by atoms with van der Waals surface area (Å²) in [4.78, 5) is 13.0. The standard InChI is InChI=1S/C12H12F3NO2S/c13-12(14,15)8-1-2-10(9(7-8)11(17)18)16-3-5-19-6-4-16/h1-2,7H,3-6H2,(H,17,18). The largest absolute Gasteiger partial charge is 0.478 e. The first-order valence-corrected chi connectivity index (χ1v) is 6.82. The van der Waals surface area contributed by atoms with Crippen LogP contribution in [0, 0.1) is 0 Å². The van der Waals surface area contributed by atoms with Gasteiger partial charge in [0.05, 0.1) is 16.8 Å². The van der Waals surface area contributed by atoms with E-state index < -0.39 is 17.7 Å². The number of hydrogen-bond donors (Lipinski definition) is 1. The van der Waals surface area contributed by atoms with E-state index in [2.05, 4.69) is 0 Å². The van der Waals surface area contributed by atoms with Gasteiger partial charge in [-0.2, -0.15) is 24.9 Å². The first-order chi connectivity index (χ1) is 8.89. The Hall–Kier alpha value is -1.37. The summed E-state index contributed by atoms with van der Waals surface area (Å²) in [6.07, 6.45) is -4.53. The summed E-state index contributed by atoms with van der Waals surface area (Å²) in [6.45, 7) is 1.30. The molecule has 1 N–H and O–H groups in total. The maximum atomic E-state index is 12.6. The lowest BCUT2D eigenvalue weighted by Crippen LogP contribution is -2.33. The summed E-state index contributed by atoms with van der Waals surface area (Å²) in [5.74, 6) is 0.361. The normalized spacial score (nSPS) is 16.5. The summed E-state index contributed by atoms with van der Waals surface area (Å²) in [5.41, 5.74) is -0.859. The molecule has 0 aliphatic carbocycles. The Morgan fingerprint density at radius 1 is 1.26 bits per heavy atom. The molecule has 1 aromatic rings. The minimum absolute atomic E-state index is 0.290. The van der Waals surface area contributed by atoms with Gasteiger partial charge < -0.3 is 10.0 Å². The molecule has 7 heteroatoms. The molecule has 0 aromatic heterocycles. The van der Waals surface area contributed by atoms with Crippen LogP contribution in [0.4, 0.5) is 18.9 Å². The summed E-state index contributed by atoms with van der Waals surface area (Å²) in [6, 6.07) is 2.89. The highest BCUT2D eigenvalue weighted by molar-refractivity contribution is 7.99. The zero-order valence-electron chi connectivity index (χ0n) is 9.91. The molecular weight excluding hydrogens is 279 g/mol. The minimum atomic E-state index is -4.53. The Morgan fingerprint density at radius 2 is 1.89 bits per heavy atom. The topological polar surface area (TPSA) is 40.5 Å². The smallest absolute Gasteiger partial charge is 0.416 e. The van der Waals surface area contributed by atoms with E-state index in [-0.39, 0.29) is 5.56 Å². The fourth-order valence-corrected chi connectivity index (χ4v) is 2.87. The number of carboxylic acids is 1. The summed E-state index contributed by atoms with van der Waals surface area (Å²) in [7, 11) is 0. The van der Waals surface area contributed by atoms with Crippen molar-refractivity contribution >= 4 is 23.4 Å². The zero-order chi connectivity index (χ0) is 14.0. The van der Waals surface area contributed by atoms with Gasteiger partial charge in [-0.1, -0.05) is 0 Å². The van der Waals surface area contributed by atoms with E-state index in [0.29, 0.717) is 24.8 Å². The van der Waals surface area contributed by atoms with E-state index in [1.165, 1.54) is 6.07 Å². The van der Waals surface area contributed by atoms with Crippen LogP contribution in [0.25, 0.3) is 0 Å². The number of thioether (sulfide) groups is 1. The zero-order valence-corrected chi connectivity index (χ0v) is 10.7. The Labute approximate surface area is 112 Å². The fourth-order valence-electron chi connectivity index (χ4n) is 1.96. The Bertz CT molecular complexity index is 484. The Balaban J connectivity index is 2.40. The molecule has 0 atom stereocenters. The van der Waals surface area contributed by atoms with Gasteiger partial charge in [0.2, 0.25) is 0 Å². The van der Waals surface area contributed by atoms with E-state index in [9.17, 15) is 18.0 Å². The Morgan fingerprint density at radius 3 is 2.42 bits per heavy atom. The third kappa shape index (κ3) is 3.15. The van der Waals surface area contributed by atoms with Crippen molar-refractivity contribution in [1.82, 2.24) is 0 Å². The number of halogens is 3. The van der Waals surface area contributed by atoms with Crippen molar-refractivity contribution in [3.63, 3.8) is 0 Å². The first kappa shape index (κ1) is 14.0. The van der Waals surface area contributed by atoms with Crippen molar-refractivity contribution in [3.05, 3.63) is 29.3 Å². The average Bonchev–Trinajstić information content (AvgIpc) is 2.38. The fraction of sp³-hybridized carbons (Fsp3) is 0.417. The SMILES string of the molecule is O=C(O)c1cc(C(F)(F)F)ccc1N1CCSCC1. The lowest BCUT2D eigenvalue weighted by Gasteiger charge is -2.29. The highest BCUT2D eigenvalue weighted by Gasteiger charge is 2.32. The van der Waals surface area contributed by atoms with Crippen LogP contribution in [0.1, 0.15) is 15.9 Å². The molecule has 0 saturated carbocycles. The van der Waals surface area contributed by atoms with Gasteiger partial charge in [0.15, 0.2) is 0 Å². The lowest BCUT2D eigenvalue weighted by molar-refractivity contribution is -0.137. The molecule has 2 rings (SSSR count).